The molecule has 1 aliphatic carbocycles. The lowest BCUT2D eigenvalue weighted by atomic mass is 9.84. The van der Waals surface area contributed by atoms with Gasteiger partial charge in [-0.25, -0.2) is 4.39 Å². The van der Waals surface area contributed by atoms with Crippen LogP contribution < -0.4 is 5.32 Å². The smallest absolute Gasteiger partial charge is 0.190 e. The lowest BCUT2D eigenvalue weighted by molar-refractivity contribution is 0.103. The molecule has 0 aromatic heterocycles. The highest BCUT2D eigenvalue weighted by Crippen LogP contribution is 2.29. The van der Waals surface area contributed by atoms with Gasteiger partial charge in [0.25, 0.3) is 0 Å². The molecule has 1 atom stereocenters. The van der Waals surface area contributed by atoms with Crippen molar-refractivity contribution in [3.05, 3.63) is 47.9 Å². The highest BCUT2D eigenvalue weighted by molar-refractivity contribution is 6.04. The van der Waals surface area contributed by atoms with E-state index < -0.39 is 5.82 Å². The van der Waals surface area contributed by atoms with E-state index in [0.29, 0.717) is 6.04 Å². The van der Waals surface area contributed by atoms with Crippen LogP contribution in [-0.2, 0) is 0 Å². The normalized spacial score (nSPS) is 22.9. The monoisotopic (exact) mass is 330 g/mol. The second-order valence-corrected chi connectivity index (χ2v) is 7.00. The van der Waals surface area contributed by atoms with E-state index in [4.69, 9.17) is 0 Å². The molecule has 0 amide bonds. The SMILES string of the molecule is O=C(/C=C/N1CCNCC1CC1CCCCC1)c1ccccc1F. The van der Waals surface area contributed by atoms with E-state index in [1.54, 1.807) is 18.2 Å². The topological polar surface area (TPSA) is 32.3 Å². The number of piperazine rings is 1. The predicted molar refractivity (Wildman–Crippen MR) is 94.4 cm³/mol. The van der Waals surface area contributed by atoms with Gasteiger partial charge in [0.05, 0.1) is 5.56 Å². The molecule has 2 fully saturated rings. The van der Waals surface area contributed by atoms with Crippen molar-refractivity contribution in [1.82, 2.24) is 10.2 Å². The third-order valence-corrected chi connectivity index (χ3v) is 5.28. The summed E-state index contributed by atoms with van der Waals surface area (Å²) in [5.41, 5.74) is 0.146. The fraction of sp³-hybridized carbons (Fsp3) is 0.550. The third kappa shape index (κ3) is 4.44. The van der Waals surface area contributed by atoms with Crippen molar-refractivity contribution in [2.75, 3.05) is 19.6 Å². The number of allylic oxidation sites excluding steroid dienone is 1. The van der Waals surface area contributed by atoms with Crippen molar-refractivity contribution in [1.29, 1.82) is 0 Å². The lowest BCUT2D eigenvalue weighted by Crippen LogP contribution is -2.49. The fourth-order valence-corrected chi connectivity index (χ4v) is 3.91. The van der Waals surface area contributed by atoms with Gasteiger partial charge in [-0.05, 0) is 24.5 Å². The van der Waals surface area contributed by atoms with E-state index in [-0.39, 0.29) is 11.3 Å². The van der Waals surface area contributed by atoms with Crippen LogP contribution in [-0.4, -0.2) is 36.4 Å². The molecule has 1 N–H and O–H groups in total. The molecule has 4 heteroatoms. The summed E-state index contributed by atoms with van der Waals surface area (Å²) in [7, 11) is 0. The second kappa shape index (κ2) is 8.43. The highest BCUT2D eigenvalue weighted by atomic mass is 19.1. The van der Waals surface area contributed by atoms with E-state index in [9.17, 15) is 9.18 Å². The van der Waals surface area contributed by atoms with Crippen LogP contribution in [0.1, 0.15) is 48.9 Å². The zero-order chi connectivity index (χ0) is 16.8. The number of benzene rings is 1. The van der Waals surface area contributed by atoms with Crippen LogP contribution in [0, 0.1) is 11.7 Å². The molecule has 130 valence electrons. The summed E-state index contributed by atoms with van der Waals surface area (Å²) in [4.78, 5) is 14.5. The molecule has 0 spiro atoms. The molecular formula is C20H27FN2O. The molecule has 1 aromatic rings. The average molecular weight is 330 g/mol. The zero-order valence-corrected chi connectivity index (χ0v) is 14.2. The van der Waals surface area contributed by atoms with Crippen molar-refractivity contribution in [3.8, 4) is 0 Å². The molecular weight excluding hydrogens is 303 g/mol. The Bertz CT molecular complexity index is 581. The Morgan fingerprint density at radius 3 is 2.83 bits per heavy atom. The van der Waals surface area contributed by atoms with Gasteiger partial charge in [-0.3, -0.25) is 4.79 Å². The summed E-state index contributed by atoms with van der Waals surface area (Å²) in [6.45, 7) is 2.80. The number of nitrogens with zero attached hydrogens (tertiary/aromatic N) is 1. The van der Waals surface area contributed by atoms with Crippen molar-refractivity contribution in [3.63, 3.8) is 0 Å². The summed E-state index contributed by atoms with van der Waals surface area (Å²) < 4.78 is 13.7. The van der Waals surface area contributed by atoms with Crippen LogP contribution in [0.3, 0.4) is 0 Å². The van der Waals surface area contributed by atoms with Gasteiger partial charge in [-0.2, -0.15) is 0 Å². The number of rotatable bonds is 5. The minimum atomic E-state index is -0.453. The molecule has 0 radical (unpaired) electrons. The first-order valence-corrected chi connectivity index (χ1v) is 9.17. The Morgan fingerprint density at radius 1 is 1.25 bits per heavy atom. The Kier molecular flexibility index (Phi) is 6.02. The molecule has 0 bridgehead atoms. The highest BCUT2D eigenvalue weighted by Gasteiger charge is 2.24. The van der Waals surface area contributed by atoms with Crippen molar-refractivity contribution >= 4 is 5.78 Å². The standard InChI is InChI=1S/C20H27FN2O/c21-19-9-5-4-8-18(19)20(24)10-12-23-13-11-22-15-17(23)14-16-6-2-1-3-7-16/h4-5,8-10,12,16-17,22H,1-3,6-7,11,13-15H2/b12-10+. The summed E-state index contributed by atoms with van der Waals surface area (Å²) in [6, 6.07) is 6.61. The van der Waals surface area contributed by atoms with E-state index in [2.05, 4.69) is 10.2 Å². The van der Waals surface area contributed by atoms with Crippen LogP contribution in [0.15, 0.2) is 36.5 Å². The van der Waals surface area contributed by atoms with Gasteiger partial charge >= 0.3 is 0 Å². The number of carbonyl (C=O) groups excluding carboxylic acids is 1. The number of halogens is 1. The van der Waals surface area contributed by atoms with Crippen LogP contribution in [0.5, 0.6) is 0 Å². The summed E-state index contributed by atoms with van der Waals surface area (Å²) >= 11 is 0. The first kappa shape index (κ1) is 17.2. The number of hydrogen-bond donors (Lipinski definition) is 1. The lowest BCUT2D eigenvalue weighted by Gasteiger charge is -2.38. The van der Waals surface area contributed by atoms with Crippen molar-refractivity contribution in [2.45, 2.75) is 44.6 Å². The third-order valence-electron chi connectivity index (χ3n) is 5.28. The average Bonchev–Trinajstić information content (AvgIpc) is 2.62. The first-order valence-electron chi connectivity index (χ1n) is 9.17. The Labute approximate surface area is 143 Å². The molecule has 24 heavy (non-hydrogen) atoms. The predicted octanol–water partition coefficient (Wildman–Crippen LogP) is 3.77. The van der Waals surface area contributed by atoms with Gasteiger partial charge < -0.3 is 10.2 Å². The fourth-order valence-electron chi connectivity index (χ4n) is 3.91. The van der Waals surface area contributed by atoms with Crippen LogP contribution in [0.25, 0.3) is 0 Å². The number of hydrogen-bond acceptors (Lipinski definition) is 3. The minimum absolute atomic E-state index is 0.146. The van der Waals surface area contributed by atoms with E-state index in [0.717, 1.165) is 25.6 Å². The van der Waals surface area contributed by atoms with E-state index in [1.807, 2.05) is 6.20 Å². The number of nitrogens with one attached hydrogen (secondary N) is 1. The van der Waals surface area contributed by atoms with Crippen molar-refractivity contribution in [2.24, 2.45) is 5.92 Å². The largest absolute Gasteiger partial charge is 0.372 e. The second-order valence-electron chi connectivity index (χ2n) is 7.00. The molecule has 1 saturated heterocycles. The molecule has 2 aliphatic rings. The van der Waals surface area contributed by atoms with Gasteiger partial charge in [-0.15, -0.1) is 0 Å². The van der Waals surface area contributed by atoms with Crippen LogP contribution >= 0.6 is 0 Å². The van der Waals surface area contributed by atoms with Gasteiger partial charge in [0, 0.05) is 38.0 Å². The summed E-state index contributed by atoms with van der Waals surface area (Å²) in [5.74, 6) is 0.0936. The molecule has 1 aromatic carbocycles. The maximum atomic E-state index is 13.7. The number of carbonyl (C=O) groups is 1. The number of ketones is 1. The molecule has 1 aliphatic heterocycles. The minimum Gasteiger partial charge on any atom is -0.372 e. The van der Waals surface area contributed by atoms with Crippen molar-refractivity contribution < 1.29 is 9.18 Å². The summed E-state index contributed by atoms with van der Waals surface area (Å²) in [5, 5.41) is 3.46. The molecule has 3 nitrogen and oxygen atoms in total. The quantitative estimate of drug-likeness (QED) is 0.659. The summed E-state index contributed by atoms with van der Waals surface area (Å²) in [6.07, 6.45) is 11.3. The Hall–Kier alpha value is -1.68. The molecule has 1 saturated carbocycles. The maximum absolute atomic E-state index is 13.7. The van der Waals surface area contributed by atoms with Crippen LogP contribution in [0.2, 0.25) is 0 Å². The van der Waals surface area contributed by atoms with Gasteiger partial charge in [0.15, 0.2) is 5.78 Å². The Balaban J connectivity index is 1.62. The maximum Gasteiger partial charge on any atom is 0.190 e. The van der Waals surface area contributed by atoms with Gasteiger partial charge in [0.1, 0.15) is 5.82 Å². The first-order chi connectivity index (χ1) is 11.7. The molecule has 3 rings (SSSR count). The van der Waals surface area contributed by atoms with Gasteiger partial charge in [-0.1, -0.05) is 44.2 Å². The Morgan fingerprint density at radius 2 is 2.04 bits per heavy atom. The van der Waals surface area contributed by atoms with E-state index in [1.165, 1.54) is 50.7 Å². The molecule has 1 heterocycles. The van der Waals surface area contributed by atoms with E-state index >= 15 is 0 Å². The van der Waals surface area contributed by atoms with Crippen LogP contribution in [0.4, 0.5) is 4.39 Å². The molecule has 1 unspecified atom stereocenters. The van der Waals surface area contributed by atoms with Gasteiger partial charge in [0.2, 0.25) is 0 Å². The zero-order valence-electron chi connectivity index (χ0n) is 14.2.